The van der Waals surface area contributed by atoms with Crippen LogP contribution < -0.4 is 0 Å². The number of aromatic nitrogens is 2. The van der Waals surface area contributed by atoms with Crippen molar-refractivity contribution in [3.63, 3.8) is 0 Å². The maximum Gasteiger partial charge on any atom is 0.0890 e. The summed E-state index contributed by atoms with van der Waals surface area (Å²) in [6.07, 6.45) is 0.396. The number of aliphatic hydroxyl groups is 2. The number of para-hydroxylation sites is 2. The van der Waals surface area contributed by atoms with Crippen molar-refractivity contribution >= 4 is 11.0 Å². The number of rotatable bonds is 3. The van der Waals surface area contributed by atoms with Crippen molar-refractivity contribution in [2.24, 2.45) is 0 Å². The van der Waals surface area contributed by atoms with Crippen molar-refractivity contribution in [2.75, 3.05) is 0 Å². The van der Waals surface area contributed by atoms with Crippen LogP contribution in [0.3, 0.4) is 0 Å². The molecule has 2 rings (SSSR count). The molecule has 1 aromatic carbocycles. The highest BCUT2D eigenvalue weighted by Gasteiger charge is 2.12. The third-order valence-electron chi connectivity index (χ3n) is 2.47. The Morgan fingerprint density at radius 2 is 1.88 bits per heavy atom. The first-order valence-electron chi connectivity index (χ1n) is 5.23. The summed E-state index contributed by atoms with van der Waals surface area (Å²) in [5.41, 5.74) is 2.32. The van der Waals surface area contributed by atoms with E-state index in [0.29, 0.717) is 12.1 Å². The number of hydrogen-bond donors (Lipinski definition) is 2. The standard InChI is InChI=1S/C12H14N2O2/c1-8(15)12(16)6-9-7-13-10-4-2-3-5-11(10)14-9/h2-5,7-8,12,15-16H,6H2,1H3/t8-,12-/m0/s1. The highest BCUT2D eigenvalue weighted by Crippen LogP contribution is 2.10. The van der Waals surface area contributed by atoms with E-state index in [1.54, 1.807) is 13.1 Å². The highest BCUT2D eigenvalue weighted by atomic mass is 16.3. The van der Waals surface area contributed by atoms with E-state index in [1.165, 1.54) is 0 Å². The molecule has 0 radical (unpaired) electrons. The first-order chi connectivity index (χ1) is 7.66. The second-order valence-electron chi connectivity index (χ2n) is 3.86. The first kappa shape index (κ1) is 11.0. The lowest BCUT2D eigenvalue weighted by Crippen LogP contribution is -2.25. The fraction of sp³-hybridized carbons (Fsp3) is 0.333. The molecule has 0 bridgehead atoms. The quantitative estimate of drug-likeness (QED) is 0.803. The van der Waals surface area contributed by atoms with Gasteiger partial charge >= 0.3 is 0 Å². The third-order valence-corrected chi connectivity index (χ3v) is 2.47. The van der Waals surface area contributed by atoms with Gasteiger partial charge in [0.15, 0.2) is 0 Å². The minimum atomic E-state index is -0.796. The Kier molecular flexibility index (Phi) is 3.12. The van der Waals surface area contributed by atoms with Crippen molar-refractivity contribution in [3.8, 4) is 0 Å². The van der Waals surface area contributed by atoms with E-state index in [9.17, 15) is 10.2 Å². The van der Waals surface area contributed by atoms with Gasteiger partial charge in [-0.2, -0.15) is 0 Å². The first-order valence-corrected chi connectivity index (χ1v) is 5.23. The molecule has 0 saturated heterocycles. The van der Waals surface area contributed by atoms with E-state index in [-0.39, 0.29) is 0 Å². The summed E-state index contributed by atoms with van der Waals surface area (Å²) in [6, 6.07) is 7.56. The van der Waals surface area contributed by atoms with Crippen LogP contribution in [0.5, 0.6) is 0 Å². The Hall–Kier alpha value is -1.52. The molecule has 4 heteroatoms. The second-order valence-corrected chi connectivity index (χ2v) is 3.86. The van der Waals surface area contributed by atoms with E-state index in [2.05, 4.69) is 9.97 Å². The fourth-order valence-corrected chi connectivity index (χ4v) is 1.48. The van der Waals surface area contributed by atoms with Gasteiger partial charge in [-0.25, -0.2) is 4.98 Å². The number of aliphatic hydroxyl groups excluding tert-OH is 2. The van der Waals surface area contributed by atoms with Crippen LogP contribution in [0.15, 0.2) is 30.5 Å². The van der Waals surface area contributed by atoms with Crippen LogP contribution in [0, 0.1) is 0 Å². The van der Waals surface area contributed by atoms with Gasteiger partial charge in [0, 0.05) is 12.6 Å². The Morgan fingerprint density at radius 1 is 1.19 bits per heavy atom. The molecule has 2 N–H and O–H groups in total. The molecule has 0 aliphatic carbocycles. The van der Waals surface area contributed by atoms with Gasteiger partial charge in [0.2, 0.25) is 0 Å². The molecule has 2 aromatic rings. The lowest BCUT2D eigenvalue weighted by Gasteiger charge is -2.12. The average Bonchev–Trinajstić information content (AvgIpc) is 2.28. The van der Waals surface area contributed by atoms with E-state index in [0.717, 1.165) is 11.0 Å². The maximum absolute atomic E-state index is 9.53. The lowest BCUT2D eigenvalue weighted by molar-refractivity contribution is 0.0314. The Labute approximate surface area is 93.6 Å². The normalized spacial score (nSPS) is 14.9. The molecule has 0 saturated carbocycles. The van der Waals surface area contributed by atoms with E-state index < -0.39 is 12.2 Å². The van der Waals surface area contributed by atoms with Gasteiger partial charge in [0.25, 0.3) is 0 Å². The molecule has 2 atom stereocenters. The van der Waals surface area contributed by atoms with E-state index >= 15 is 0 Å². The molecular formula is C12H14N2O2. The molecule has 0 aliphatic heterocycles. The topological polar surface area (TPSA) is 66.2 Å². The molecule has 1 aromatic heterocycles. The molecule has 1 heterocycles. The Bertz CT molecular complexity index is 485. The van der Waals surface area contributed by atoms with Crippen LogP contribution in [0.2, 0.25) is 0 Å². The van der Waals surface area contributed by atoms with Crippen LogP contribution in [0.4, 0.5) is 0 Å². The van der Waals surface area contributed by atoms with Gasteiger partial charge < -0.3 is 10.2 Å². The van der Waals surface area contributed by atoms with Crippen molar-refractivity contribution in [1.29, 1.82) is 0 Å². The van der Waals surface area contributed by atoms with E-state index in [1.807, 2.05) is 24.3 Å². The zero-order valence-corrected chi connectivity index (χ0v) is 9.04. The van der Waals surface area contributed by atoms with Crippen LogP contribution >= 0.6 is 0 Å². The summed E-state index contributed by atoms with van der Waals surface area (Å²) in [5, 5.41) is 18.7. The van der Waals surface area contributed by atoms with Gasteiger partial charge in [-0.05, 0) is 19.1 Å². The van der Waals surface area contributed by atoms with Crippen LogP contribution in [-0.2, 0) is 6.42 Å². The summed E-state index contributed by atoms with van der Waals surface area (Å²) in [6.45, 7) is 1.55. The maximum atomic E-state index is 9.53. The van der Waals surface area contributed by atoms with Crippen LogP contribution in [-0.4, -0.2) is 32.4 Å². The number of hydrogen-bond acceptors (Lipinski definition) is 4. The Balaban J connectivity index is 2.26. The molecule has 4 nitrogen and oxygen atoms in total. The smallest absolute Gasteiger partial charge is 0.0890 e. The number of nitrogens with zero attached hydrogens (tertiary/aromatic N) is 2. The summed E-state index contributed by atoms with van der Waals surface area (Å²) >= 11 is 0. The summed E-state index contributed by atoms with van der Waals surface area (Å²) < 4.78 is 0. The molecular weight excluding hydrogens is 204 g/mol. The van der Waals surface area contributed by atoms with Gasteiger partial charge in [-0.1, -0.05) is 12.1 Å². The largest absolute Gasteiger partial charge is 0.391 e. The van der Waals surface area contributed by atoms with Crippen molar-refractivity contribution in [3.05, 3.63) is 36.2 Å². The fourth-order valence-electron chi connectivity index (χ4n) is 1.48. The summed E-state index contributed by atoms with van der Waals surface area (Å²) in [4.78, 5) is 8.60. The van der Waals surface area contributed by atoms with Gasteiger partial charge in [0.05, 0.1) is 28.9 Å². The SMILES string of the molecule is C[C@H](O)[C@@H](O)Cc1cnc2ccccc2n1. The minimum absolute atomic E-state index is 0.315. The molecule has 16 heavy (non-hydrogen) atoms. The number of benzene rings is 1. The summed E-state index contributed by atoms with van der Waals surface area (Å²) in [7, 11) is 0. The van der Waals surface area contributed by atoms with Gasteiger partial charge in [-0.15, -0.1) is 0 Å². The summed E-state index contributed by atoms with van der Waals surface area (Å²) in [5.74, 6) is 0. The van der Waals surface area contributed by atoms with Crippen LogP contribution in [0.1, 0.15) is 12.6 Å². The third kappa shape index (κ3) is 2.35. The zero-order chi connectivity index (χ0) is 11.5. The van der Waals surface area contributed by atoms with Crippen LogP contribution in [0.25, 0.3) is 11.0 Å². The zero-order valence-electron chi connectivity index (χ0n) is 9.04. The van der Waals surface area contributed by atoms with Crippen molar-refractivity contribution < 1.29 is 10.2 Å². The molecule has 0 fully saturated rings. The predicted octanol–water partition coefficient (Wildman–Crippen LogP) is 0.914. The van der Waals surface area contributed by atoms with Gasteiger partial charge in [0.1, 0.15) is 0 Å². The monoisotopic (exact) mass is 218 g/mol. The molecule has 84 valence electrons. The highest BCUT2D eigenvalue weighted by molar-refractivity contribution is 5.73. The lowest BCUT2D eigenvalue weighted by atomic mass is 10.1. The molecule has 0 amide bonds. The van der Waals surface area contributed by atoms with Crippen molar-refractivity contribution in [2.45, 2.75) is 25.6 Å². The van der Waals surface area contributed by atoms with Gasteiger partial charge in [-0.3, -0.25) is 4.98 Å². The number of fused-ring (bicyclic) bond motifs is 1. The van der Waals surface area contributed by atoms with Crippen molar-refractivity contribution in [1.82, 2.24) is 9.97 Å². The average molecular weight is 218 g/mol. The minimum Gasteiger partial charge on any atom is -0.391 e. The predicted molar refractivity (Wildman–Crippen MR) is 60.9 cm³/mol. The molecule has 0 spiro atoms. The second kappa shape index (κ2) is 4.55. The molecule has 0 unspecified atom stereocenters. The molecule has 0 aliphatic rings. The Morgan fingerprint density at radius 3 is 2.56 bits per heavy atom. The van der Waals surface area contributed by atoms with E-state index in [4.69, 9.17) is 0 Å².